The highest BCUT2D eigenvalue weighted by molar-refractivity contribution is 5.45. The standard InChI is InChI=1S/C15H13F3N6O/c16-15(17,18)11-3-1-10(2-4-11)12-9-23(7-8-25-12)14-6-5-13-19-21-22-24(13)20-14/h1-6,12H,7-9H2. The number of tetrazole rings is 1. The van der Waals surface area contributed by atoms with Crippen molar-refractivity contribution < 1.29 is 17.9 Å². The summed E-state index contributed by atoms with van der Waals surface area (Å²) in [6.45, 7) is 1.55. The van der Waals surface area contributed by atoms with Gasteiger partial charge in [-0.2, -0.15) is 13.2 Å². The van der Waals surface area contributed by atoms with Gasteiger partial charge in [-0.15, -0.1) is 14.8 Å². The highest BCUT2D eigenvalue weighted by Gasteiger charge is 2.31. The second kappa shape index (κ2) is 5.96. The second-order valence-corrected chi connectivity index (χ2v) is 5.64. The lowest BCUT2D eigenvalue weighted by Gasteiger charge is -2.33. The summed E-state index contributed by atoms with van der Waals surface area (Å²) in [5.74, 6) is 0.681. The molecule has 0 N–H and O–H groups in total. The lowest BCUT2D eigenvalue weighted by Crippen LogP contribution is -2.39. The molecule has 0 radical (unpaired) electrons. The molecule has 3 aromatic rings. The first kappa shape index (κ1) is 15.8. The number of fused-ring (bicyclic) bond motifs is 1. The molecule has 0 aliphatic carbocycles. The molecule has 25 heavy (non-hydrogen) atoms. The SMILES string of the molecule is FC(F)(F)c1ccc(C2CN(c3ccc4nnnn4n3)CCO2)cc1. The average molecular weight is 350 g/mol. The third-order valence-corrected chi connectivity index (χ3v) is 4.06. The van der Waals surface area contributed by atoms with Crippen molar-refractivity contribution in [2.75, 3.05) is 24.6 Å². The zero-order valence-corrected chi connectivity index (χ0v) is 12.9. The van der Waals surface area contributed by atoms with Gasteiger partial charge in [-0.3, -0.25) is 0 Å². The van der Waals surface area contributed by atoms with E-state index in [1.807, 2.05) is 4.90 Å². The summed E-state index contributed by atoms with van der Waals surface area (Å²) in [7, 11) is 0. The minimum atomic E-state index is -4.34. The summed E-state index contributed by atoms with van der Waals surface area (Å²) in [6.07, 6.45) is -4.68. The molecule has 4 rings (SSSR count). The van der Waals surface area contributed by atoms with Crippen LogP contribution in [0.5, 0.6) is 0 Å². The Kier molecular flexibility index (Phi) is 3.75. The Balaban J connectivity index is 1.54. The fourth-order valence-electron chi connectivity index (χ4n) is 2.75. The fourth-order valence-corrected chi connectivity index (χ4v) is 2.75. The van der Waals surface area contributed by atoms with Gasteiger partial charge in [-0.1, -0.05) is 12.1 Å². The van der Waals surface area contributed by atoms with Gasteiger partial charge in [-0.25, -0.2) is 0 Å². The first-order valence-electron chi connectivity index (χ1n) is 7.60. The van der Waals surface area contributed by atoms with Crippen LogP contribution < -0.4 is 4.90 Å². The van der Waals surface area contributed by atoms with Crippen LogP contribution in [0.1, 0.15) is 17.2 Å². The summed E-state index contributed by atoms with van der Waals surface area (Å²) in [5.41, 5.74) is 0.562. The largest absolute Gasteiger partial charge is 0.416 e. The van der Waals surface area contributed by atoms with Gasteiger partial charge in [0.1, 0.15) is 6.10 Å². The van der Waals surface area contributed by atoms with E-state index < -0.39 is 11.7 Å². The maximum atomic E-state index is 12.7. The maximum absolute atomic E-state index is 12.7. The van der Waals surface area contributed by atoms with Crippen LogP contribution in [-0.4, -0.2) is 45.0 Å². The first-order valence-corrected chi connectivity index (χ1v) is 7.60. The van der Waals surface area contributed by atoms with Crippen LogP contribution in [0.15, 0.2) is 36.4 Å². The van der Waals surface area contributed by atoms with Gasteiger partial charge in [-0.05, 0) is 40.3 Å². The molecule has 0 spiro atoms. The summed E-state index contributed by atoms with van der Waals surface area (Å²) in [5, 5.41) is 15.4. The second-order valence-electron chi connectivity index (χ2n) is 5.64. The molecule has 0 bridgehead atoms. The number of anilines is 1. The van der Waals surface area contributed by atoms with Crippen LogP contribution in [0.3, 0.4) is 0 Å². The first-order chi connectivity index (χ1) is 12.0. The van der Waals surface area contributed by atoms with Crippen LogP contribution in [0.4, 0.5) is 19.0 Å². The van der Waals surface area contributed by atoms with Crippen LogP contribution in [0.2, 0.25) is 0 Å². The van der Waals surface area contributed by atoms with Crippen LogP contribution in [-0.2, 0) is 10.9 Å². The molecular formula is C15H13F3N6O. The summed E-state index contributed by atoms with van der Waals surface area (Å²) >= 11 is 0. The van der Waals surface area contributed by atoms with Gasteiger partial charge in [0, 0.05) is 13.1 Å². The number of alkyl halides is 3. The average Bonchev–Trinajstić information content (AvgIpc) is 3.09. The van der Waals surface area contributed by atoms with E-state index in [9.17, 15) is 13.2 Å². The van der Waals surface area contributed by atoms with Crippen molar-refractivity contribution in [1.29, 1.82) is 0 Å². The maximum Gasteiger partial charge on any atom is 0.416 e. The zero-order chi connectivity index (χ0) is 17.4. The third kappa shape index (κ3) is 3.12. The predicted molar refractivity (Wildman–Crippen MR) is 80.9 cm³/mol. The molecular weight excluding hydrogens is 337 g/mol. The van der Waals surface area contributed by atoms with Crippen molar-refractivity contribution in [3.63, 3.8) is 0 Å². The number of ether oxygens (including phenoxy) is 1. The van der Waals surface area contributed by atoms with E-state index in [1.54, 1.807) is 12.1 Å². The molecule has 1 aliphatic heterocycles. The Bertz CT molecular complexity index is 879. The van der Waals surface area contributed by atoms with Gasteiger partial charge in [0.25, 0.3) is 0 Å². The number of hydrogen-bond donors (Lipinski definition) is 0. The molecule has 10 heteroatoms. The number of rotatable bonds is 2. The van der Waals surface area contributed by atoms with Crippen molar-refractivity contribution in [2.24, 2.45) is 0 Å². The van der Waals surface area contributed by atoms with Crippen molar-refractivity contribution in [3.8, 4) is 0 Å². The van der Waals surface area contributed by atoms with E-state index in [1.165, 1.54) is 16.8 Å². The van der Waals surface area contributed by atoms with Gasteiger partial charge < -0.3 is 9.64 Å². The number of halogens is 3. The van der Waals surface area contributed by atoms with E-state index in [2.05, 4.69) is 20.6 Å². The smallest absolute Gasteiger partial charge is 0.370 e. The molecule has 1 unspecified atom stereocenters. The Morgan fingerprint density at radius 2 is 1.88 bits per heavy atom. The molecule has 0 saturated carbocycles. The molecule has 2 aromatic heterocycles. The van der Waals surface area contributed by atoms with Crippen molar-refractivity contribution in [3.05, 3.63) is 47.5 Å². The topological polar surface area (TPSA) is 68.4 Å². The predicted octanol–water partition coefficient (Wildman–Crippen LogP) is 2.12. The number of benzene rings is 1. The highest BCUT2D eigenvalue weighted by Crippen LogP contribution is 2.31. The number of nitrogens with zero attached hydrogens (tertiary/aromatic N) is 6. The van der Waals surface area contributed by atoms with E-state index >= 15 is 0 Å². The molecule has 7 nitrogen and oxygen atoms in total. The van der Waals surface area contributed by atoms with E-state index in [-0.39, 0.29) is 6.10 Å². The van der Waals surface area contributed by atoms with Crippen LogP contribution in [0, 0.1) is 0 Å². The van der Waals surface area contributed by atoms with Crippen LogP contribution in [0.25, 0.3) is 5.65 Å². The Morgan fingerprint density at radius 3 is 2.64 bits per heavy atom. The number of morpholine rings is 1. The molecule has 1 aromatic carbocycles. The van der Waals surface area contributed by atoms with E-state index in [0.717, 1.165) is 12.1 Å². The molecule has 0 amide bonds. The van der Waals surface area contributed by atoms with Crippen LogP contribution >= 0.6 is 0 Å². The lowest BCUT2D eigenvalue weighted by molar-refractivity contribution is -0.137. The molecule has 1 fully saturated rings. The summed E-state index contributed by atoms with van der Waals surface area (Å²) < 4.78 is 45.1. The fraction of sp³-hybridized carbons (Fsp3) is 0.333. The van der Waals surface area contributed by atoms with Gasteiger partial charge in [0.05, 0.1) is 12.2 Å². The van der Waals surface area contributed by atoms with Gasteiger partial charge >= 0.3 is 6.18 Å². The molecule has 3 heterocycles. The van der Waals surface area contributed by atoms with Gasteiger partial charge in [0.15, 0.2) is 11.5 Å². The normalized spacial score (nSPS) is 18.7. The van der Waals surface area contributed by atoms with Crippen molar-refractivity contribution in [2.45, 2.75) is 12.3 Å². The minimum Gasteiger partial charge on any atom is -0.370 e. The highest BCUT2D eigenvalue weighted by atomic mass is 19.4. The molecule has 1 atom stereocenters. The summed E-state index contributed by atoms with van der Waals surface area (Å²) in [6, 6.07) is 8.61. The Labute approximate surface area is 140 Å². The third-order valence-electron chi connectivity index (χ3n) is 4.06. The van der Waals surface area contributed by atoms with Crippen molar-refractivity contribution in [1.82, 2.24) is 25.3 Å². The van der Waals surface area contributed by atoms with E-state index in [4.69, 9.17) is 4.74 Å². The molecule has 130 valence electrons. The monoisotopic (exact) mass is 350 g/mol. The van der Waals surface area contributed by atoms with Crippen molar-refractivity contribution >= 4 is 11.5 Å². The number of aromatic nitrogens is 5. The minimum absolute atomic E-state index is 0.331. The molecule has 1 aliphatic rings. The van der Waals surface area contributed by atoms with E-state index in [0.29, 0.717) is 36.7 Å². The lowest BCUT2D eigenvalue weighted by atomic mass is 10.1. The quantitative estimate of drug-likeness (QED) is 0.705. The zero-order valence-electron chi connectivity index (χ0n) is 12.9. The Morgan fingerprint density at radius 1 is 1.08 bits per heavy atom. The Hall–Kier alpha value is -2.75. The summed E-state index contributed by atoms with van der Waals surface area (Å²) in [4.78, 5) is 1.99. The van der Waals surface area contributed by atoms with Gasteiger partial charge in [0.2, 0.25) is 0 Å². The number of hydrogen-bond acceptors (Lipinski definition) is 6. The molecule has 1 saturated heterocycles.